The Labute approximate surface area is 122 Å². The molecular weight excluding hydrogens is 270 g/mol. The molecule has 8 heteroatoms. The van der Waals surface area contributed by atoms with Crippen LogP contribution in [-0.4, -0.2) is 25.6 Å². The van der Waals surface area contributed by atoms with Gasteiger partial charge in [0.25, 0.3) is 0 Å². The second-order valence-electron chi connectivity index (χ2n) is 5.52. The van der Waals surface area contributed by atoms with Crippen LogP contribution in [0.1, 0.15) is 33.4 Å². The van der Waals surface area contributed by atoms with Gasteiger partial charge in [-0.25, -0.2) is 4.98 Å². The van der Waals surface area contributed by atoms with E-state index in [1.165, 1.54) is 0 Å². The lowest BCUT2D eigenvalue weighted by molar-refractivity contribution is -0.0120. The summed E-state index contributed by atoms with van der Waals surface area (Å²) in [5, 5.41) is 8.87. The van der Waals surface area contributed by atoms with E-state index in [0.717, 1.165) is 6.42 Å². The summed E-state index contributed by atoms with van der Waals surface area (Å²) in [6, 6.07) is 0. The van der Waals surface area contributed by atoms with E-state index >= 15 is 0 Å². The van der Waals surface area contributed by atoms with Crippen molar-refractivity contribution in [2.45, 2.75) is 39.5 Å². The quantitative estimate of drug-likeness (QED) is 0.850. The van der Waals surface area contributed by atoms with Gasteiger partial charge in [0.1, 0.15) is 12.6 Å². The van der Waals surface area contributed by atoms with Crippen molar-refractivity contribution >= 4 is 22.9 Å². The predicted molar refractivity (Wildman–Crippen MR) is 77.0 cm³/mol. The number of anilines is 1. The van der Waals surface area contributed by atoms with Crippen molar-refractivity contribution in [2.24, 2.45) is 11.8 Å². The van der Waals surface area contributed by atoms with E-state index in [1.54, 1.807) is 6.33 Å². The van der Waals surface area contributed by atoms with Gasteiger partial charge in [0.15, 0.2) is 5.52 Å². The minimum absolute atomic E-state index is 0.0764. The number of rotatable bonds is 2. The predicted octanol–water partition coefficient (Wildman–Crippen LogP) is 2.47. The van der Waals surface area contributed by atoms with Crippen LogP contribution in [0.15, 0.2) is 6.33 Å². The summed E-state index contributed by atoms with van der Waals surface area (Å²) < 4.78 is 7.98. The monoisotopic (exact) mass is 288 g/mol. The lowest BCUT2D eigenvalue weighted by Crippen LogP contribution is -2.15. The summed E-state index contributed by atoms with van der Waals surface area (Å²) >= 11 is 0. The topological polar surface area (TPSA) is 107 Å². The molecule has 8 nitrogen and oxygen atoms in total. The molecule has 1 aliphatic heterocycles. The summed E-state index contributed by atoms with van der Waals surface area (Å²) in [5.41, 5.74) is 6.84. The summed E-state index contributed by atoms with van der Waals surface area (Å²) in [4.78, 5) is 15.3. The van der Waals surface area contributed by atoms with Crippen LogP contribution in [0, 0.1) is 17.2 Å². The first-order valence-electron chi connectivity index (χ1n) is 7.07. The minimum Gasteiger partial charge on any atom is -0.368 e. The Balaban J connectivity index is 2.10. The molecule has 3 rings (SSSR count). The number of imidazole rings is 1. The highest BCUT2D eigenvalue weighted by Crippen LogP contribution is 2.41. The fraction of sp³-hybridized carbons (Fsp3) is 0.615. The summed E-state index contributed by atoms with van der Waals surface area (Å²) in [6.07, 6.45) is 2.67. The van der Waals surface area contributed by atoms with Crippen molar-refractivity contribution in [3.8, 4) is 0 Å². The molecule has 1 aliphatic rings. The van der Waals surface area contributed by atoms with Gasteiger partial charge < -0.3 is 10.5 Å². The Kier molecular flexibility index (Phi) is 3.22. The Morgan fingerprint density at radius 3 is 2.76 bits per heavy atom. The standard InChI is InChI=1S/C13H18N7O/c1-4-8-6(2)7(3)12(21-8)20-5-16-9-10(14)17-13(19-15)18-11(9)20/h5-8,12H,4H2,1-3H3,(H2,14,17,18)/q+1/t6-,7+,8+,12+/m0/s1. The van der Waals surface area contributed by atoms with Gasteiger partial charge in [-0.05, 0) is 27.3 Å². The summed E-state index contributed by atoms with van der Waals surface area (Å²) in [6.45, 7) is 6.46. The molecule has 0 bridgehead atoms. The van der Waals surface area contributed by atoms with Crippen LogP contribution in [0.3, 0.4) is 0 Å². The van der Waals surface area contributed by atoms with E-state index in [9.17, 15) is 0 Å². The Hall–Kier alpha value is -2.27. The van der Waals surface area contributed by atoms with Gasteiger partial charge in [0, 0.05) is 5.92 Å². The third-order valence-electron chi connectivity index (χ3n) is 4.38. The molecular formula is C13H18N7O+. The maximum Gasteiger partial charge on any atom is 0.565 e. The molecule has 0 saturated carbocycles. The van der Waals surface area contributed by atoms with Gasteiger partial charge in [-0.15, -0.1) is 0 Å². The molecule has 0 spiro atoms. The first-order valence-corrected chi connectivity index (χ1v) is 7.07. The third-order valence-corrected chi connectivity index (χ3v) is 4.38. The normalized spacial score (nSPS) is 28.9. The second kappa shape index (κ2) is 4.93. The number of hydrogen-bond acceptors (Lipinski definition) is 6. The highest BCUT2D eigenvalue weighted by atomic mass is 16.5. The van der Waals surface area contributed by atoms with Gasteiger partial charge in [-0.1, -0.05) is 20.8 Å². The lowest BCUT2D eigenvalue weighted by atomic mass is 9.91. The molecule has 2 aromatic heterocycles. The maximum absolute atomic E-state index is 8.87. The number of fused-ring (bicyclic) bond motifs is 1. The average molecular weight is 288 g/mol. The molecule has 3 heterocycles. The zero-order valence-electron chi connectivity index (χ0n) is 12.3. The number of ether oxygens (including phenoxy) is 1. The van der Waals surface area contributed by atoms with E-state index in [4.69, 9.17) is 15.9 Å². The lowest BCUT2D eigenvalue weighted by Gasteiger charge is -2.16. The summed E-state index contributed by atoms with van der Waals surface area (Å²) in [7, 11) is 0. The molecule has 0 aliphatic carbocycles. The average Bonchev–Trinajstić information content (AvgIpc) is 3.02. The van der Waals surface area contributed by atoms with Crippen LogP contribution >= 0.6 is 0 Å². The maximum atomic E-state index is 8.87. The fourth-order valence-corrected chi connectivity index (χ4v) is 2.97. The molecule has 2 N–H and O–H groups in total. The van der Waals surface area contributed by atoms with Gasteiger partial charge >= 0.3 is 5.95 Å². The van der Waals surface area contributed by atoms with Crippen LogP contribution in [0.2, 0.25) is 0 Å². The number of nitrogen functional groups attached to an aromatic ring is 1. The first kappa shape index (κ1) is 13.7. The Morgan fingerprint density at radius 1 is 1.38 bits per heavy atom. The minimum atomic E-state index is -0.157. The molecule has 0 unspecified atom stereocenters. The van der Waals surface area contributed by atoms with Crippen LogP contribution in [0.5, 0.6) is 0 Å². The van der Waals surface area contributed by atoms with Crippen molar-refractivity contribution in [3.63, 3.8) is 0 Å². The molecule has 4 atom stereocenters. The summed E-state index contributed by atoms with van der Waals surface area (Å²) in [5.74, 6) is 0.876. The van der Waals surface area contributed by atoms with Crippen molar-refractivity contribution in [3.05, 3.63) is 11.3 Å². The van der Waals surface area contributed by atoms with E-state index in [-0.39, 0.29) is 24.1 Å². The molecule has 1 fully saturated rings. The largest absolute Gasteiger partial charge is 0.565 e. The van der Waals surface area contributed by atoms with Gasteiger partial charge in [0.05, 0.1) is 11.5 Å². The number of nitrogens with zero attached hydrogens (tertiary/aromatic N) is 6. The SMILES string of the molecule is CC[C@H]1O[C@@H](n2cnc3c(N)nc([N+]#N)nc32)[C@H](C)[C@@H]1C. The molecule has 2 aromatic rings. The van der Waals surface area contributed by atoms with Gasteiger partial charge in [-0.2, -0.15) is 0 Å². The molecule has 0 radical (unpaired) electrons. The molecule has 110 valence electrons. The molecule has 0 amide bonds. The van der Waals surface area contributed by atoms with E-state index < -0.39 is 0 Å². The zero-order valence-corrected chi connectivity index (χ0v) is 12.3. The van der Waals surface area contributed by atoms with Crippen molar-refractivity contribution in [2.75, 3.05) is 5.73 Å². The smallest absolute Gasteiger partial charge is 0.368 e. The molecule has 1 saturated heterocycles. The van der Waals surface area contributed by atoms with Crippen LogP contribution in [0.4, 0.5) is 11.8 Å². The molecule has 21 heavy (non-hydrogen) atoms. The first-order chi connectivity index (χ1) is 10.1. The number of diazo groups is 1. The van der Waals surface area contributed by atoms with Crippen LogP contribution in [-0.2, 0) is 4.74 Å². The fourth-order valence-electron chi connectivity index (χ4n) is 2.97. The van der Waals surface area contributed by atoms with E-state index in [2.05, 4.69) is 40.7 Å². The van der Waals surface area contributed by atoms with Crippen LogP contribution in [0.25, 0.3) is 16.1 Å². The van der Waals surface area contributed by atoms with Crippen molar-refractivity contribution in [1.82, 2.24) is 19.5 Å². The number of hydrogen-bond donors (Lipinski definition) is 1. The highest BCUT2D eigenvalue weighted by Gasteiger charge is 2.40. The van der Waals surface area contributed by atoms with Crippen molar-refractivity contribution < 1.29 is 4.74 Å². The second-order valence-corrected chi connectivity index (χ2v) is 5.52. The third kappa shape index (κ3) is 2.01. The van der Waals surface area contributed by atoms with Gasteiger partial charge in [-0.3, -0.25) is 4.57 Å². The Bertz CT molecular complexity index is 719. The van der Waals surface area contributed by atoms with E-state index in [1.807, 2.05) is 4.57 Å². The zero-order chi connectivity index (χ0) is 15.1. The molecule has 0 aromatic carbocycles. The van der Waals surface area contributed by atoms with Gasteiger partial charge in [0.2, 0.25) is 11.5 Å². The number of aromatic nitrogens is 4. The van der Waals surface area contributed by atoms with Crippen LogP contribution < -0.4 is 5.73 Å². The van der Waals surface area contributed by atoms with E-state index in [0.29, 0.717) is 23.0 Å². The Morgan fingerprint density at radius 2 is 2.14 bits per heavy atom. The van der Waals surface area contributed by atoms with Crippen molar-refractivity contribution in [1.29, 1.82) is 5.39 Å². The number of nitrogens with two attached hydrogens (primary N) is 1. The highest BCUT2D eigenvalue weighted by molar-refractivity contribution is 5.83.